The Morgan fingerprint density at radius 3 is 2.70 bits per heavy atom. The van der Waals surface area contributed by atoms with Crippen LogP contribution in [-0.2, 0) is 0 Å². The van der Waals surface area contributed by atoms with Gasteiger partial charge >= 0.3 is 0 Å². The molecule has 1 aromatic heterocycles. The third-order valence-corrected chi connectivity index (χ3v) is 2.93. The smallest absolute Gasteiger partial charge is 0.258 e. The Labute approximate surface area is 122 Å². The average molecular weight is 336 g/mol. The Kier molecular flexibility index (Phi) is 4.26. The molecule has 0 aliphatic rings. The van der Waals surface area contributed by atoms with Gasteiger partial charge in [-0.2, -0.15) is 0 Å². The van der Waals surface area contributed by atoms with E-state index in [9.17, 15) is 4.79 Å². The SMILES string of the molecule is N/C(=N/O)c1cc(Br)ccc1NC(=O)c1cncnc1. The number of carbonyl (C=O) groups excluding carboxylic acids is 1. The van der Waals surface area contributed by atoms with Crippen LogP contribution in [0, 0.1) is 0 Å². The zero-order valence-corrected chi connectivity index (χ0v) is 11.7. The van der Waals surface area contributed by atoms with E-state index in [0.717, 1.165) is 4.47 Å². The fourth-order valence-electron chi connectivity index (χ4n) is 1.50. The summed E-state index contributed by atoms with van der Waals surface area (Å²) in [5.74, 6) is -0.495. The van der Waals surface area contributed by atoms with Gasteiger partial charge in [-0.25, -0.2) is 9.97 Å². The fourth-order valence-corrected chi connectivity index (χ4v) is 1.86. The average Bonchev–Trinajstić information content (AvgIpc) is 2.49. The molecule has 0 aliphatic heterocycles. The summed E-state index contributed by atoms with van der Waals surface area (Å²) in [6, 6.07) is 5.00. The summed E-state index contributed by atoms with van der Waals surface area (Å²) in [5, 5.41) is 14.4. The molecule has 2 aromatic rings. The topological polar surface area (TPSA) is 113 Å². The first-order chi connectivity index (χ1) is 9.61. The summed E-state index contributed by atoms with van der Waals surface area (Å²) in [4.78, 5) is 19.6. The lowest BCUT2D eigenvalue weighted by molar-refractivity contribution is 0.102. The van der Waals surface area contributed by atoms with Gasteiger partial charge in [0, 0.05) is 22.4 Å². The Morgan fingerprint density at radius 1 is 1.35 bits per heavy atom. The molecule has 0 spiro atoms. The lowest BCUT2D eigenvalue weighted by Crippen LogP contribution is -2.19. The summed E-state index contributed by atoms with van der Waals surface area (Å²) in [6.07, 6.45) is 4.12. The highest BCUT2D eigenvalue weighted by atomic mass is 79.9. The molecule has 7 nitrogen and oxygen atoms in total. The largest absolute Gasteiger partial charge is 0.409 e. The van der Waals surface area contributed by atoms with Crippen LogP contribution in [0.1, 0.15) is 15.9 Å². The van der Waals surface area contributed by atoms with Crippen LogP contribution in [0.3, 0.4) is 0 Å². The molecule has 0 bridgehead atoms. The summed E-state index contributed by atoms with van der Waals surface area (Å²) in [7, 11) is 0. The number of oxime groups is 1. The normalized spacial score (nSPS) is 11.2. The number of hydrogen-bond donors (Lipinski definition) is 3. The molecular formula is C12H10BrN5O2. The number of aromatic nitrogens is 2. The lowest BCUT2D eigenvalue weighted by atomic mass is 10.1. The Balaban J connectivity index is 2.32. The Hall–Kier alpha value is -2.48. The summed E-state index contributed by atoms with van der Waals surface area (Å²) in [5.41, 5.74) is 6.70. The van der Waals surface area contributed by atoms with E-state index in [1.54, 1.807) is 18.2 Å². The van der Waals surface area contributed by atoms with Crippen LogP contribution in [0.15, 0.2) is 46.5 Å². The van der Waals surface area contributed by atoms with Crippen molar-refractivity contribution in [3.8, 4) is 0 Å². The molecule has 0 aliphatic carbocycles. The first-order valence-electron chi connectivity index (χ1n) is 5.45. The molecule has 20 heavy (non-hydrogen) atoms. The first kappa shape index (κ1) is 13.9. The van der Waals surface area contributed by atoms with Crippen LogP contribution < -0.4 is 11.1 Å². The standard InChI is InChI=1S/C12H10BrN5O2/c13-8-1-2-10(9(3-8)11(14)18-20)17-12(19)7-4-15-6-16-5-7/h1-6,20H,(H2,14,18)(H,17,19). The van der Waals surface area contributed by atoms with Crippen molar-refractivity contribution in [3.05, 3.63) is 52.5 Å². The second-order valence-electron chi connectivity index (χ2n) is 3.76. The van der Waals surface area contributed by atoms with Crippen molar-refractivity contribution in [2.45, 2.75) is 0 Å². The number of amidine groups is 1. The Bertz CT molecular complexity index is 660. The summed E-state index contributed by atoms with van der Waals surface area (Å²) < 4.78 is 0.736. The van der Waals surface area contributed by atoms with Crippen LogP contribution in [0.25, 0.3) is 0 Å². The predicted octanol–water partition coefficient (Wildman–Crippen LogP) is 1.59. The molecule has 2 rings (SSSR count). The monoisotopic (exact) mass is 335 g/mol. The molecule has 1 heterocycles. The van der Waals surface area contributed by atoms with Crippen molar-refractivity contribution in [2.24, 2.45) is 10.9 Å². The number of halogens is 1. The highest BCUT2D eigenvalue weighted by molar-refractivity contribution is 9.10. The summed E-state index contributed by atoms with van der Waals surface area (Å²) in [6.45, 7) is 0. The van der Waals surface area contributed by atoms with Crippen molar-refractivity contribution in [1.82, 2.24) is 9.97 Å². The van der Waals surface area contributed by atoms with Crippen molar-refractivity contribution >= 4 is 33.4 Å². The number of hydrogen-bond acceptors (Lipinski definition) is 5. The molecule has 0 saturated heterocycles. The molecule has 0 unspecified atom stereocenters. The molecule has 8 heteroatoms. The maximum atomic E-state index is 12.0. The molecule has 4 N–H and O–H groups in total. The van der Waals surface area contributed by atoms with Crippen molar-refractivity contribution in [3.63, 3.8) is 0 Å². The van der Waals surface area contributed by atoms with Gasteiger partial charge in [-0.15, -0.1) is 0 Å². The molecule has 0 radical (unpaired) electrons. The fraction of sp³-hybridized carbons (Fsp3) is 0. The molecule has 0 fully saturated rings. The number of nitrogens with zero attached hydrogens (tertiary/aromatic N) is 3. The predicted molar refractivity (Wildman–Crippen MR) is 76.6 cm³/mol. The van der Waals surface area contributed by atoms with Gasteiger partial charge in [-0.3, -0.25) is 4.79 Å². The van der Waals surface area contributed by atoms with E-state index < -0.39 is 0 Å². The van der Waals surface area contributed by atoms with Gasteiger partial charge < -0.3 is 16.3 Å². The lowest BCUT2D eigenvalue weighted by Gasteiger charge is -2.10. The zero-order valence-electron chi connectivity index (χ0n) is 10.1. The maximum absolute atomic E-state index is 12.0. The van der Waals surface area contributed by atoms with E-state index in [-0.39, 0.29) is 11.7 Å². The van der Waals surface area contributed by atoms with Crippen molar-refractivity contribution in [1.29, 1.82) is 0 Å². The minimum Gasteiger partial charge on any atom is -0.409 e. The highest BCUT2D eigenvalue weighted by Gasteiger charge is 2.12. The number of carbonyl (C=O) groups is 1. The van der Waals surface area contributed by atoms with E-state index in [0.29, 0.717) is 16.8 Å². The molecule has 1 aromatic carbocycles. The zero-order chi connectivity index (χ0) is 14.5. The van der Waals surface area contributed by atoms with Crippen molar-refractivity contribution in [2.75, 3.05) is 5.32 Å². The Morgan fingerprint density at radius 2 is 2.05 bits per heavy atom. The van der Waals surface area contributed by atoms with Gasteiger partial charge in [-0.1, -0.05) is 21.1 Å². The minimum absolute atomic E-state index is 0.106. The molecule has 0 atom stereocenters. The number of benzene rings is 1. The maximum Gasteiger partial charge on any atom is 0.258 e. The second-order valence-corrected chi connectivity index (χ2v) is 4.67. The number of anilines is 1. The molecular weight excluding hydrogens is 326 g/mol. The van der Waals surface area contributed by atoms with Crippen LogP contribution in [0.5, 0.6) is 0 Å². The van der Waals surface area contributed by atoms with Crippen LogP contribution in [0.2, 0.25) is 0 Å². The van der Waals surface area contributed by atoms with E-state index in [1.165, 1.54) is 18.7 Å². The van der Waals surface area contributed by atoms with Gasteiger partial charge in [0.15, 0.2) is 5.84 Å². The first-order valence-corrected chi connectivity index (χ1v) is 6.25. The number of amides is 1. The minimum atomic E-state index is -0.389. The quantitative estimate of drug-likeness (QED) is 0.341. The van der Waals surface area contributed by atoms with Gasteiger partial charge in [0.2, 0.25) is 0 Å². The van der Waals surface area contributed by atoms with E-state index >= 15 is 0 Å². The van der Waals surface area contributed by atoms with Gasteiger partial charge in [0.1, 0.15) is 6.33 Å². The third kappa shape index (κ3) is 3.09. The highest BCUT2D eigenvalue weighted by Crippen LogP contribution is 2.21. The van der Waals surface area contributed by atoms with Crippen LogP contribution in [0.4, 0.5) is 5.69 Å². The third-order valence-electron chi connectivity index (χ3n) is 2.44. The second kappa shape index (κ2) is 6.11. The van der Waals surface area contributed by atoms with E-state index in [2.05, 4.69) is 36.4 Å². The molecule has 0 saturated carbocycles. The van der Waals surface area contributed by atoms with Crippen LogP contribution in [-0.4, -0.2) is 26.9 Å². The van der Waals surface area contributed by atoms with Gasteiger partial charge in [0.05, 0.1) is 11.3 Å². The van der Waals surface area contributed by atoms with E-state index in [4.69, 9.17) is 10.9 Å². The molecule has 102 valence electrons. The summed E-state index contributed by atoms with van der Waals surface area (Å²) >= 11 is 3.28. The number of nitrogens with one attached hydrogen (secondary N) is 1. The van der Waals surface area contributed by atoms with Gasteiger partial charge in [0.25, 0.3) is 5.91 Å². The van der Waals surface area contributed by atoms with Gasteiger partial charge in [-0.05, 0) is 18.2 Å². The van der Waals surface area contributed by atoms with Crippen LogP contribution >= 0.6 is 15.9 Å². The number of nitrogens with two attached hydrogens (primary N) is 1. The number of rotatable bonds is 3. The molecule has 1 amide bonds. The van der Waals surface area contributed by atoms with E-state index in [1.807, 2.05) is 0 Å². The van der Waals surface area contributed by atoms with Crippen molar-refractivity contribution < 1.29 is 10.0 Å².